The molecule has 22 heavy (non-hydrogen) atoms. The second kappa shape index (κ2) is 7.75. The van der Waals surface area contributed by atoms with E-state index in [0.717, 1.165) is 15.6 Å². The average Bonchev–Trinajstić information content (AvgIpc) is 2.52. The van der Waals surface area contributed by atoms with Crippen molar-refractivity contribution in [2.75, 3.05) is 7.11 Å². The summed E-state index contributed by atoms with van der Waals surface area (Å²) >= 11 is 3.38. The Kier molecular flexibility index (Phi) is 5.72. The summed E-state index contributed by atoms with van der Waals surface area (Å²) in [5.41, 5.74) is 1.64. The number of hydrogen-bond donors (Lipinski definition) is 1. The molecule has 0 aliphatic rings. The van der Waals surface area contributed by atoms with Gasteiger partial charge in [-0.05, 0) is 42.0 Å². The Bertz CT molecular complexity index is 684. The zero-order chi connectivity index (χ0) is 15.9. The second-order valence-electron chi connectivity index (χ2n) is 4.56. The lowest BCUT2D eigenvalue weighted by Gasteiger charge is -2.05. The van der Waals surface area contributed by atoms with Gasteiger partial charge < -0.3 is 10.1 Å². The van der Waals surface area contributed by atoms with Crippen LogP contribution in [0, 0.1) is 5.82 Å². The van der Waals surface area contributed by atoms with Gasteiger partial charge in [-0.1, -0.05) is 28.1 Å². The number of carbonyl (C=O) groups excluding carboxylic acids is 1. The molecular weight excluding hydrogens is 349 g/mol. The summed E-state index contributed by atoms with van der Waals surface area (Å²) in [6.07, 6.45) is 3.12. The highest BCUT2D eigenvalue weighted by molar-refractivity contribution is 9.10. The number of nitrogens with one attached hydrogen (secondary N) is 1. The van der Waals surface area contributed by atoms with Crippen molar-refractivity contribution in [3.63, 3.8) is 0 Å². The molecule has 0 fully saturated rings. The predicted octanol–water partition coefficient (Wildman–Crippen LogP) is 3.93. The molecule has 1 amide bonds. The first kappa shape index (κ1) is 16.2. The quantitative estimate of drug-likeness (QED) is 0.817. The van der Waals surface area contributed by atoms with Gasteiger partial charge in [0.15, 0.2) is 0 Å². The third-order valence-electron chi connectivity index (χ3n) is 2.99. The molecule has 0 aliphatic heterocycles. The van der Waals surface area contributed by atoms with Crippen LogP contribution in [0.3, 0.4) is 0 Å². The molecule has 3 nitrogen and oxygen atoms in total. The molecule has 5 heteroatoms. The molecule has 2 aromatic rings. The number of halogens is 2. The van der Waals surface area contributed by atoms with Crippen LogP contribution in [0.15, 0.2) is 53.0 Å². The number of amides is 1. The molecule has 1 N–H and O–H groups in total. The summed E-state index contributed by atoms with van der Waals surface area (Å²) in [5.74, 6) is 0.161. The molecule has 0 aromatic heterocycles. The molecule has 0 aliphatic carbocycles. The van der Waals surface area contributed by atoms with E-state index in [1.165, 1.54) is 18.2 Å². The van der Waals surface area contributed by atoms with Crippen LogP contribution in [0.5, 0.6) is 5.75 Å². The van der Waals surface area contributed by atoms with Crippen molar-refractivity contribution in [3.05, 3.63) is 70.0 Å². The van der Waals surface area contributed by atoms with E-state index in [-0.39, 0.29) is 11.7 Å². The molecular formula is C17H15BrFNO2. The summed E-state index contributed by atoms with van der Waals surface area (Å²) < 4.78 is 18.9. The summed E-state index contributed by atoms with van der Waals surface area (Å²) in [7, 11) is 1.58. The fourth-order valence-electron chi connectivity index (χ4n) is 1.85. The highest BCUT2D eigenvalue weighted by Crippen LogP contribution is 2.23. The van der Waals surface area contributed by atoms with Crippen LogP contribution in [-0.2, 0) is 11.3 Å². The highest BCUT2D eigenvalue weighted by atomic mass is 79.9. The third kappa shape index (κ3) is 4.70. The number of carbonyl (C=O) groups is 1. The molecule has 0 atom stereocenters. The number of ether oxygens (including phenoxy) is 1. The Morgan fingerprint density at radius 1 is 1.27 bits per heavy atom. The topological polar surface area (TPSA) is 38.3 Å². The van der Waals surface area contributed by atoms with E-state index < -0.39 is 0 Å². The van der Waals surface area contributed by atoms with Gasteiger partial charge in [0.25, 0.3) is 0 Å². The van der Waals surface area contributed by atoms with E-state index in [1.54, 1.807) is 25.3 Å². The summed E-state index contributed by atoms with van der Waals surface area (Å²) in [6.45, 7) is 0.346. The minimum Gasteiger partial charge on any atom is -0.496 e. The first-order chi connectivity index (χ1) is 10.6. The van der Waals surface area contributed by atoms with E-state index in [9.17, 15) is 9.18 Å². The fraction of sp³-hybridized carbons (Fsp3) is 0.118. The fourth-order valence-corrected chi connectivity index (χ4v) is 2.23. The van der Waals surface area contributed by atoms with Crippen molar-refractivity contribution in [1.29, 1.82) is 0 Å². The molecule has 2 aromatic carbocycles. The maximum absolute atomic E-state index is 12.8. The smallest absolute Gasteiger partial charge is 0.244 e. The van der Waals surface area contributed by atoms with Gasteiger partial charge >= 0.3 is 0 Å². The summed E-state index contributed by atoms with van der Waals surface area (Å²) in [6, 6.07) is 11.5. The van der Waals surface area contributed by atoms with Crippen LogP contribution in [0.4, 0.5) is 4.39 Å². The first-order valence-electron chi connectivity index (χ1n) is 6.62. The molecule has 0 saturated heterocycles. The lowest BCUT2D eigenvalue weighted by molar-refractivity contribution is -0.116. The van der Waals surface area contributed by atoms with E-state index in [1.807, 2.05) is 18.2 Å². The van der Waals surface area contributed by atoms with Crippen LogP contribution >= 0.6 is 15.9 Å². The van der Waals surface area contributed by atoms with Gasteiger partial charge in [0.2, 0.25) is 5.91 Å². The van der Waals surface area contributed by atoms with E-state index in [0.29, 0.717) is 12.3 Å². The Hall–Kier alpha value is -2.14. The molecule has 0 saturated carbocycles. The Balaban J connectivity index is 1.96. The lowest BCUT2D eigenvalue weighted by atomic mass is 10.2. The van der Waals surface area contributed by atoms with Crippen LogP contribution in [0.2, 0.25) is 0 Å². The molecule has 0 radical (unpaired) electrons. The minimum absolute atomic E-state index is 0.230. The van der Waals surface area contributed by atoms with Crippen LogP contribution in [0.1, 0.15) is 11.1 Å². The zero-order valence-corrected chi connectivity index (χ0v) is 13.6. The van der Waals surface area contributed by atoms with Gasteiger partial charge in [-0.25, -0.2) is 4.39 Å². The number of benzene rings is 2. The van der Waals surface area contributed by atoms with Crippen molar-refractivity contribution in [1.82, 2.24) is 5.32 Å². The zero-order valence-electron chi connectivity index (χ0n) is 12.0. The molecule has 0 heterocycles. The van der Waals surface area contributed by atoms with E-state index >= 15 is 0 Å². The van der Waals surface area contributed by atoms with Crippen molar-refractivity contribution in [3.8, 4) is 5.75 Å². The maximum atomic E-state index is 12.8. The molecule has 0 bridgehead atoms. The van der Waals surface area contributed by atoms with Crippen LogP contribution < -0.4 is 10.1 Å². The maximum Gasteiger partial charge on any atom is 0.244 e. The molecule has 114 valence electrons. The predicted molar refractivity (Wildman–Crippen MR) is 88.0 cm³/mol. The Morgan fingerprint density at radius 2 is 2.00 bits per heavy atom. The monoisotopic (exact) mass is 363 g/mol. The van der Waals surface area contributed by atoms with Gasteiger partial charge in [-0.3, -0.25) is 4.79 Å². The summed E-state index contributed by atoms with van der Waals surface area (Å²) in [5, 5.41) is 2.74. The standard InChI is InChI=1S/C17H15BrFNO2/c1-22-16-8-5-14(18)10-13(16)4-9-17(21)20-11-12-2-6-15(19)7-3-12/h2-10H,11H2,1H3,(H,20,21)/b9-4+. The van der Waals surface area contributed by atoms with Crippen LogP contribution in [-0.4, -0.2) is 13.0 Å². The number of methoxy groups -OCH3 is 1. The van der Waals surface area contributed by atoms with Crippen molar-refractivity contribution in [2.24, 2.45) is 0 Å². The Morgan fingerprint density at radius 3 is 2.68 bits per heavy atom. The molecule has 2 rings (SSSR count). The summed E-state index contributed by atoms with van der Waals surface area (Å²) in [4.78, 5) is 11.8. The number of rotatable bonds is 5. The van der Waals surface area contributed by atoms with Crippen LogP contribution in [0.25, 0.3) is 6.08 Å². The largest absolute Gasteiger partial charge is 0.496 e. The second-order valence-corrected chi connectivity index (χ2v) is 5.48. The average molecular weight is 364 g/mol. The van der Waals surface area contributed by atoms with Gasteiger partial charge in [0.1, 0.15) is 11.6 Å². The van der Waals surface area contributed by atoms with Crippen molar-refractivity contribution < 1.29 is 13.9 Å². The SMILES string of the molecule is COc1ccc(Br)cc1/C=C/C(=O)NCc1ccc(F)cc1. The van der Waals surface area contributed by atoms with Gasteiger partial charge in [0, 0.05) is 22.7 Å². The molecule has 0 spiro atoms. The van der Waals surface area contributed by atoms with E-state index in [2.05, 4.69) is 21.2 Å². The van der Waals surface area contributed by atoms with Gasteiger partial charge in [0.05, 0.1) is 7.11 Å². The van der Waals surface area contributed by atoms with Gasteiger partial charge in [-0.15, -0.1) is 0 Å². The molecule has 0 unspecified atom stereocenters. The normalized spacial score (nSPS) is 10.7. The highest BCUT2D eigenvalue weighted by Gasteiger charge is 2.02. The lowest BCUT2D eigenvalue weighted by Crippen LogP contribution is -2.20. The van der Waals surface area contributed by atoms with Crippen molar-refractivity contribution >= 4 is 27.9 Å². The van der Waals surface area contributed by atoms with Crippen molar-refractivity contribution in [2.45, 2.75) is 6.54 Å². The van der Waals surface area contributed by atoms with E-state index in [4.69, 9.17) is 4.74 Å². The van der Waals surface area contributed by atoms with Gasteiger partial charge in [-0.2, -0.15) is 0 Å². The minimum atomic E-state index is -0.295. The first-order valence-corrected chi connectivity index (χ1v) is 7.41. The number of hydrogen-bond acceptors (Lipinski definition) is 2. The third-order valence-corrected chi connectivity index (χ3v) is 3.48. The Labute approximate surface area is 136 Å².